The Kier molecular flexibility index (Phi) is 13.4. The highest BCUT2D eigenvalue weighted by Crippen LogP contribution is 2.10. The second-order valence-electron chi connectivity index (χ2n) is 7.11. The van der Waals surface area contributed by atoms with Crippen molar-refractivity contribution in [2.75, 3.05) is 13.1 Å². The van der Waals surface area contributed by atoms with Gasteiger partial charge in [0.15, 0.2) is 5.96 Å². The number of rotatable bonds is 15. The summed E-state index contributed by atoms with van der Waals surface area (Å²) in [7, 11) is 0. The molecule has 0 bridgehead atoms. The van der Waals surface area contributed by atoms with E-state index in [4.69, 9.17) is 22.9 Å². The number of hydrogen-bond donors (Lipinski definition) is 7. The number of carbonyl (C=O) groups is 3. The highest BCUT2D eigenvalue weighted by Gasteiger charge is 2.30. The number of guanidine groups is 1. The van der Waals surface area contributed by atoms with Crippen molar-refractivity contribution in [2.24, 2.45) is 33.8 Å². The van der Waals surface area contributed by atoms with Crippen LogP contribution in [0.15, 0.2) is 4.99 Å². The molecule has 0 radical (unpaired) electrons. The third-order valence-electron chi connectivity index (χ3n) is 4.66. The molecule has 11 heteroatoms. The SMILES string of the molecule is CC[C@H](C)[C@H](NC(=O)[C@@H](N)CCCCN)C(=O)N[C@@H](CCCN=C(N)N)C(=O)O. The first-order valence-electron chi connectivity index (χ1n) is 9.98. The molecular formula is C18H37N7O4. The van der Waals surface area contributed by atoms with Crippen molar-refractivity contribution in [3.8, 4) is 0 Å². The zero-order valence-corrected chi connectivity index (χ0v) is 17.4. The van der Waals surface area contributed by atoms with E-state index in [1.165, 1.54) is 0 Å². The minimum atomic E-state index is -1.17. The van der Waals surface area contributed by atoms with E-state index in [1.807, 2.05) is 6.92 Å². The molecule has 2 amide bonds. The Labute approximate surface area is 172 Å². The Balaban J connectivity index is 4.96. The number of unbranched alkanes of at least 4 members (excludes halogenated alkanes) is 1. The van der Waals surface area contributed by atoms with Gasteiger partial charge >= 0.3 is 5.97 Å². The van der Waals surface area contributed by atoms with Gasteiger partial charge in [-0.05, 0) is 38.1 Å². The van der Waals surface area contributed by atoms with E-state index >= 15 is 0 Å². The molecule has 168 valence electrons. The lowest BCUT2D eigenvalue weighted by atomic mass is 9.97. The molecule has 0 aromatic carbocycles. The number of amides is 2. The van der Waals surface area contributed by atoms with E-state index in [9.17, 15) is 19.5 Å². The van der Waals surface area contributed by atoms with Crippen LogP contribution in [0.1, 0.15) is 52.4 Å². The van der Waals surface area contributed by atoms with Gasteiger partial charge < -0.3 is 38.7 Å². The van der Waals surface area contributed by atoms with Gasteiger partial charge in [0, 0.05) is 6.54 Å². The Hall–Kier alpha value is -2.40. The molecule has 0 saturated heterocycles. The summed E-state index contributed by atoms with van der Waals surface area (Å²) < 4.78 is 0. The lowest BCUT2D eigenvalue weighted by Crippen LogP contribution is -2.56. The Morgan fingerprint density at radius 3 is 2.21 bits per heavy atom. The molecule has 0 fully saturated rings. The van der Waals surface area contributed by atoms with Crippen molar-refractivity contribution in [3.63, 3.8) is 0 Å². The number of carboxylic acids is 1. The van der Waals surface area contributed by atoms with Crippen LogP contribution in [0.2, 0.25) is 0 Å². The second kappa shape index (κ2) is 14.6. The Morgan fingerprint density at radius 1 is 1.03 bits per heavy atom. The summed E-state index contributed by atoms with van der Waals surface area (Å²) >= 11 is 0. The van der Waals surface area contributed by atoms with Gasteiger partial charge in [0.1, 0.15) is 12.1 Å². The molecule has 0 aromatic heterocycles. The van der Waals surface area contributed by atoms with Crippen molar-refractivity contribution >= 4 is 23.7 Å². The standard InChI is InChI=1S/C18H37N7O4/c1-3-11(2)14(25-15(26)12(20)7-4-5-9-19)16(27)24-13(17(28)29)8-6-10-23-18(21)22/h11-14H,3-10,19-20H2,1-2H3,(H,24,27)(H,25,26)(H,28,29)(H4,21,22,23)/t11-,12-,13-,14-/m0/s1. The van der Waals surface area contributed by atoms with Gasteiger partial charge in [-0.1, -0.05) is 26.7 Å². The van der Waals surface area contributed by atoms with E-state index in [1.54, 1.807) is 6.92 Å². The van der Waals surface area contributed by atoms with E-state index in [-0.39, 0.29) is 24.8 Å². The van der Waals surface area contributed by atoms with E-state index in [2.05, 4.69) is 15.6 Å². The number of carboxylic acid groups (broad SMARTS) is 1. The van der Waals surface area contributed by atoms with Crippen LogP contribution in [0.5, 0.6) is 0 Å². The molecule has 0 aliphatic carbocycles. The maximum atomic E-state index is 12.7. The van der Waals surface area contributed by atoms with Crippen LogP contribution in [0.3, 0.4) is 0 Å². The molecule has 0 aromatic rings. The quantitative estimate of drug-likeness (QED) is 0.0956. The van der Waals surface area contributed by atoms with Crippen LogP contribution >= 0.6 is 0 Å². The van der Waals surface area contributed by atoms with Crippen molar-refractivity contribution in [1.82, 2.24) is 10.6 Å². The zero-order chi connectivity index (χ0) is 22.4. The number of nitrogens with zero attached hydrogens (tertiary/aromatic N) is 1. The third-order valence-corrected chi connectivity index (χ3v) is 4.66. The first-order chi connectivity index (χ1) is 13.6. The normalized spacial score (nSPS) is 14.9. The monoisotopic (exact) mass is 415 g/mol. The summed E-state index contributed by atoms with van der Waals surface area (Å²) in [4.78, 5) is 40.3. The zero-order valence-electron chi connectivity index (χ0n) is 17.4. The fraction of sp³-hybridized carbons (Fsp3) is 0.778. The number of carbonyl (C=O) groups excluding carboxylic acids is 2. The highest BCUT2D eigenvalue weighted by molar-refractivity contribution is 5.91. The van der Waals surface area contributed by atoms with Crippen LogP contribution in [0.25, 0.3) is 0 Å². The average Bonchev–Trinajstić information content (AvgIpc) is 2.66. The Morgan fingerprint density at radius 2 is 1.69 bits per heavy atom. The van der Waals surface area contributed by atoms with Gasteiger partial charge in [0.05, 0.1) is 6.04 Å². The van der Waals surface area contributed by atoms with Crippen LogP contribution in [0, 0.1) is 5.92 Å². The molecule has 0 aliphatic heterocycles. The highest BCUT2D eigenvalue weighted by atomic mass is 16.4. The molecule has 11 N–H and O–H groups in total. The maximum absolute atomic E-state index is 12.7. The summed E-state index contributed by atoms with van der Waals surface area (Å²) in [6.45, 7) is 4.46. The minimum Gasteiger partial charge on any atom is -0.480 e. The number of aliphatic carboxylic acids is 1. The maximum Gasteiger partial charge on any atom is 0.326 e. The summed E-state index contributed by atoms with van der Waals surface area (Å²) in [5.41, 5.74) is 21.8. The summed E-state index contributed by atoms with van der Waals surface area (Å²) in [6, 6.07) is -2.75. The molecule has 29 heavy (non-hydrogen) atoms. The number of hydrogen-bond acceptors (Lipinski definition) is 6. The summed E-state index contributed by atoms with van der Waals surface area (Å²) in [5.74, 6) is -2.46. The van der Waals surface area contributed by atoms with Gasteiger partial charge in [-0.3, -0.25) is 14.6 Å². The van der Waals surface area contributed by atoms with Crippen molar-refractivity contribution in [2.45, 2.75) is 70.5 Å². The lowest BCUT2D eigenvalue weighted by molar-refractivity contribution is -0.142. The van der Waals surface area contributed by atoms with Crippen LogP contribution < -0.4 is 33.6 Å². The van der Waals surface area contributed by atoms with Crippen molar-refractivity contribution < 1.29 is 19.5 Å². The summed E-state index contributed by atoms with van der Waals surface area (Å²) in [5, 5.41) is 14.5. The van der Waals surface area contributed by atoms with E-state index < -0.39 is 35.9 Å². The third kappa shape index (κ3) is 11.3. The van der Waals surface area contributed by atoms with E-state index in [0.717, 1.165) is 6.42 Å². The molecule has 0 unspecified atom stereocenters. The van der Waals surface area contributed by atoms with Crippen LogP contribution in [0.4, 0.5) is 0 Å². The summed E-state index contributed by atoms with van der Waals surface area (Å²) in [6.07, 6.45) is 3.07. The van der Waals surface area contributed by atoms with Crippen molar-refractivity contribution in [3.05, 3.63) is 0 Å². The van der Waals surface area contributed by atoms with Gasteiger partial charge in [0.2, 0.25) is 11.8 Å². The Bertz CT molecular complexity index is 552. The molecule has 0 aliphatic rings. The predicted octanol–water partition coefficient (Wildman–Crippen LogP) is -1.40. The first kappa shape index (κ1) is 26.6. The van der Waals surface area contributed by atoms with Crippen LogP contribution in [-0.2, 0) is 14.4 Å². The molecule has 0 rings (SSSR count). The topological polar surface area (TPSA) is 212 Å². The van der Waals surface area contributed by atoms with Crippen molar-refractivity contribution in [1.29, 1.82) is 0 Å². The van der Waals surface area contributed by atoms with Gasteiger partial charge in [-0.25, -0.2) is 4.79 Å². The van der Waals surface area contributed by atoms with Gasteiger partial charge in [0.25, 0.3) is 0 Å². The largest absolute Gasteiger partial charge is 0.480 e. The fourth-order valence-corrected chi connectivity index (χ4v) is 2.62. The number of aliphatic imine (C=N–C) groups is 1. The molecule has 0 saturated carbocycles. The second-order valence-corrected chi connectivity index (χ2v) is 7.11. The molecule has 0 spiro atoms. The molecule has 0 heterocycles. The smallest absolute Gasteiger partial charge is 0.326 e. The molecular weight excluding hydrogens is 378 g/mol. The number of nitrogens with two attached hydrogens (primary N) is 4. The van der Waals surface area contributed by atoms with Gasteiger partial charge in [-0.2, -0.15) is 0 Å². The fourth-order valence-electron chi connectivity index (χ4n) is 2.62. The van der Waals surface area contributed by atoms with Crippen LogP contribution in [-0.4, -0.2) is 60.1 Å². The average molecular weight is 416 g/mol. The predicted molar refractivity (Wildman–Crippen MR) is 112 cm³/mol. The lowest BCUT2D eigenvalue weighted by Gasteiger charge is -2.26. The van der Waals surface area contributed by atoms with E-state index in [0.29, 0.717) is 32.2 Å². The molecule has 4 atom stereocenters. The molecule has 11 nitrogen and oxygen atoms in total. The van der Waals surface area contributed by atoms with Gasteiger partial charge in [-0.15, -0.1) is 0 Å². The first-order valence-corrected chi connectivity index (χ1v) is 9.98. The minimum absolute atomic E-state index is 0.0803. The number of nitrogens with one attached hydrogen (secondary N) is 2.